The van der Waals surface area contributed by atoms with Gasteiger partial charge in [-0.15, -0.1) is 0 Å². The Labute approximate surface area is 120 Å². The number of likely N-dealkylation sites (N-methyl/N-ethyl adjacent to an activating group) is 1. The van der Waals surface area contributed by atoms with Crippen LogP contribution in [-0.2, 0) is 9.53 Å². The number of hydrogen-bond donors (Lipinski definition) is 2. The summed E-state index contributed by atoms with van der Waals surface area (Å²) in [6.07, 6.45) is 1.03. The van der Waals surface area contributed by atoms with E-state index in [0.717, 1.165) is 0 Å². The second kappa shape index (κ2) is 6.15. The largest absolute Gasteiger partial charge is 0.392 e. The number of hydrogen-bond acceptors (Lipinski definition) is 4. The molecule has 0 aromatic rings. The molecule has 5 nitrogen and oxygen atoms in total. The zero-order chi connectivity index (χ0) is 14.7. The molecule has 0 aromatic heterocycles. The zero-order valence-electron chi connectivity index (χ0n) is 11.9. The lowest BCUT2D eigenvalue weighted by molar-refractivity contribution is -0.145. The summed E-state index contributed by atoms with van der Waals surface area (Å²) in [5.41, 5.74) is 4.08. The minimum absolute atomic E-state index is 0.0899. The summed E-state index contributed by atoms with van der Waals surface area (Å²) in [4.78, 5) is 14.6. The molecule has 1 saturated heterocycles. The standard InChI is InChI=1S/C13H24N2O3S/c1-4-15(9-12(2,3)17)11(16)13(10(14)19)5-7-18-8-6-13/h17H,4-9H2,1-3H3,(H2,14,19). The average Bonchev–Trinajstić information content (AvgIpc) is 2.34. The Bertz CT molecular complexity index is 346. The highest BCUT2D eigenvalue weighted by atomic mass is 32.1. The monoisotopic (exact) mass is 288 g/mol. The first kappa shape index (κ1) is 16.3. The van der Waals surface area contributed by atoms with Gasteiger partial charge in [0.1, 0.15) is 5.41 Å². The van der Waals surface area contributed by atoms with Gasteiger partial charge in [0.25, 0.3) is 0 Å². The predicted molar refractivity (Wildman–Crippen MR) is 77.8 cm³/mol. The van der Waals surface area contributed by atoms with Crippen molar-refractivity contribution in [3.8, 4) is 0 Å². The van der Waals surface area contributed by atoms with Crippen molar-refractivity contribution in [2.45, 2.75) is 39.2 Å². The SMILES string of the molecule is CCN(CC(C)(C)O)C(=O)C1(C(N)=S)CCOCC1. The van der Waals surface area contributed by atoms with Crippen LogP contribution >= 0.6 is 12.2 Å². The van der Waals surface area contributed by atoms with Crippen LogP contribution in [0.25, 0.3) is 0 Å². The molecule has 0 atom stereocenters. The molecule has 0 saturated carbocycles. The Balaban J connectivity index is 2.95. The number of carbonyl (C=O) groups excluding carboxylic acids is 1. The fourth-order valence-corrected chi connectivity index (χ4v) is 2.67. The molecule has 0 aliphatic carbocycles. The molecule has 0 radical (unpaired) electrons. The van der Waals surface area contributed by atoms with Gasteiger partial charge in [0.2, 0.25) is 5.91 Å². The maximum absolute atomic E-state index is 12.8. The summed E-state index contributed by atoms with van der Waals surface area (Å²) in [7, 11) is 0. The van der Waals surface area contributed by atoms with E-state index in [9.17, 15) is 9.90 Å². The van der Waals surface area contributed by atoms with Crippen molar-refractivity contribution in [1.82, 2.24) is 4.90 Å². The number of amides is 1. The number of nitrogens with zero attached hydrogens (tertiary/aromatic N) is 1. The van der Waals surface area contributed by atoms with Crippen LogP contribution in [0.1, 0.15) is 33.6 Å². The predicted octanol–water partition coefficient (Wildman–Crippen LogP) is 0.689. The summed E-state index contributed by atoms with van der Waals surface area (Å²) >= 11 is 5.12. The Morgan fingerprint density at radius 2 is 2.00 bits per heavy atom. The van der Waals surface area contributed by atoms with E-state index in [1.165, 1.54) is 0 Å². The van der Waals surface area contributed by atoms with Gasteiger partial charge in [0.15, 0.2) is 0 Å². The maximum Gasteiger partial charge on any atom is 0.235 e. The highest BCUT2D eigenvalue weighted by Crippen LogP contribution is 2.33. The van der Waals surface area contributed by atoms with Crippen LogP contribution in [0, 0.1) is 5.41 Å². The number of nitrogens with two attached hydrogens (primary N) is 1. The fourth-order valence-electron chi connectivity index (χ4n) is 2.38. The second-order valence-corrected chi connectivity index (χ2v) is 6.13. The third-order valence-corrected chi connectivity index (χ3v) is 3.86. The average molecular weight is 288 g/mol. The van der Waals surface area contributed by atoms with E-state index in [2.05, 4.69) is 0 Å². The first-order valence-electron chi connectivity index (χ1n) is 6.62. The summed E-state index contributed by atoms with van der Waals surface area (Å²) in [5.74, 6) is -0.0899. The van der Waals surface area contributed by atoms with Gasteiger partial charge >= 0.3 is 0 Å². The topological polar surface area (TPSA) is 75.8 Å². The van der Waals surface area contributed by atoms with Crippen LogP contribution in [0.15, 0.2) is 0 Å². The minimum Gasteiger partial charge on any atom is -0.392 e. The summed E-state index contributed by atoms with van der Waals surface area (Å²) in [6.45, 7) is 7.02. The van der Waals surface area contributed by atoms with Crippen LogP contribution in [0.2, 0.25) is 0 Å². The van der Waals surface area contributed by atoms with Crippen molar-refractivity contribution >= 4 is 23.1 Å². The molecule has 19 heavy (non-hydrogen) atoms. The van der Waals surface area contributed by atoms with Crippen molar-refractivity contribution < 1.29 is 14.6 Å². The van der Waals surface area contributed by atoms with Crippen molar-refractivity contribution in [3.63, 3.8) is 0 Å². The fraction of sp³-hybridized carbons (Fsp3) is 0.846. The van der Waals surface area contributed by atoms with Crippen LogP contribution in [0.5, 0.6) is 0 Å². The number of aliphatic hydroxyl groups is 1. The molecule has 110 valence electrons. The highest BCUT2D eigenvalue weighted by Gasteiger charge is 2.45. The molecule has 1 amide bonds. The first-order chi connectivity index (χ1) is 8.73. The van der Waals surface area contributed by atoms with E-state index < -0.39 is 11.0 Å². The Morgan fingerprint density at radius 1 is 1.47 bits per heavy atom. The second-order valence-electron chi connectivity index (χ2n) is 5.69. The number of rotatable bonds is 5. The molecule has 0 unspecified atom stereocenters. The molecular formula is C13H24N2O3S. The van der Waals surface area contributed by atoms with Crippen LogP contribution in [0.4, 0.5) is 0 Å². The molecule has 0 bridgehead atoms. The van der Waals surface area contributed by atoms with Crippen LogP contribution in [0.3, 0.4) is 0 Å². The van der Waals surface area contributed by atoms with Gasteiger partial charge in [0, 0.05) is 26.3 Å². The summed E-state index contributed by atoms with van der Waals surface area (Å²) in [6, 6.07) is 0. The Kier molecular flexibility index (Phi) is 5.29. The van der Waals surface area contributed by atoms with Gasteiger partial charge < -0.3 is 20.5 Å². The van der Waals surface area contributed by atoms with Crippen molar-refractivity contribution in [2.24, 2.45) is 11.1 Å². The van der Waals surface area contributed by atoms with Crippen molar-refractivity contribution in [3.05, 3.63) is 0 Å². The molecule has 0 aromatic carbocycles. The lowest BCUT2D eigenvalue weighted by Gasteiger charge is -2.40. The number of thiocarbonyl (C=S) groups is 1. The molecule has 6 heteroatoms. The number of carbonyl (C=O) groups is 1. The van der Waals surface area contributed by atoms with E-state index in [4.69, 9.17) is 22.7 Å². The third kappa shape index (κ3) is 3.87. The number of ether oxygens (including phenoxy) is 1. The van der Waals surface area contributed by atoms with E-state index >= 15 is 0 Å². The highest BCUT2D eigenvalue weighted by molar-refractivity contribution is 7.80. The maximum atomic E-state index is 12.8. The Hall–Kier alpha value is -0.720. The zero-order valence-corrected chi connectivity index (χ0v) is 12.8. The van der Waals surface area contributed by atoms with Gasteiger partial charge in [0.05, 0.1) is 10.6 Å². The van der Waals surface area contributed by atoms with Gasteiger partial charge in [-0.1, -0.05) is 12.2 Å². The third-order valence-electron chi connectivity index (χ3n) is 3.47. The Morgan fingerprint density at radius 3 is 2.37 bits per heavy atom. The molecule has 1 aliphatic rings. The molecule has 0 spiro atoms. The lowest BCUT2D eigenvalue weighted by Crippen LogP contribution is -2.55. The van der Waals surface area contributed by atoms with E-state index in [-0.39, 0.29) is 17.4 Å². The van der Waals surface area contributed by atoms with Gasteiger partial charge in [-0.2, -0.15) is 0 Å². The quantitative estimate of drug-likeness (QED) is 0.728. The van der Waals surface area contributed by atoms with Crippen molar-refractivity contribution in [1.29, 1.82) is 0 Å². The van der Waals surface area contributed by atoms with Crippen LogP contribution < -0.4 is 5.73 Å². The summed E-state index contributed by atoms with van der Waals surface area (Å²) < 4.78 is 5.30. The molecule has 1 heterocycles. The minimum atomic E-state index is -0.936. The smallest absolute Gasteiger partial charge is 0.235 e. The summed E-state index contributed by atoms with van der Waals surface area (Å²) in [5, 5.41) is 9.91. The van der Waals surface area contributed by atoms with Gasteiger partial charge in [-0.3, -0.25) is 4.79 Å². The molecule has 1 aliphatic heterocycles. The first-order valence-corrected chi connectivity index (χ1v) is 7.03. The van der Waals surface area contributed by atoms with E-state index in [1.807, 2.05) is 6.92 Å². The normalized spacial score (nSPS) is 18.9. The lowest BCUT2D eigenvalue weighted by atomic mass is 9.78. The van der Waals surface area contributed by atoms with Crippen molar-refractivity contribution in [2.75, 3.05) is 26.3 Å². The molecule has 1 rings (SSSR count). The van der Waals surface area contributed by atoms with Crippen LogP contribution in [-0.4, -0.2) is 52.8 Å². The molecule has 3 N–H and O–H groups in total. The molecule has 1 fully saturated rings. The van der Waals surface area contributed by atoms with E-state index in [0.29, 0.717) is 32.6 Å². The van der Waals surface area contributed by atoms with Gasteiger partial charge in [-0.25, -0.2) is 0 Å². The molecular weight excluding hydrogens is 264 g/mol. The van der Waals surface area contributed by atoms with Gasteiger partial charge in [-0.05, 0) is 33.6 Å². The van der Waals surface area contributed by atoms with E-state index in [1.54, 1.807) is 18.7 Å².